The van der Waals surface area contributed by atoms with E-state index in [2.05, 4.69) is 13.8 Å². The van der Waals surface area contributed by atoms with Gasteiger partial charge in [0.15, 0.2) is 0 Å². The number of carbonyl (C=O) groups excluding carboxylic acids is 1. The molecule has 0 aliphatic carbocycles. The van der Waals surface area contributed by atoms with E-state index in [4.69, 9.17) is 21.1 Å². The Balaban J connectivity index is 1.95. The van der Waals surface area contributed by atoms with Gasteiger partial charge in [-0.05, 0) is 61.2 Å². The van der Waals surface area contributed by atoms with Crippen molar-refractivity contribution in [2.75, 3.05) is 6.61 Å². The lowest BCUT2D eigenvalue weighted by Gasteiger charge is -2.09. The lowest BCUT2D eigenvalue weighted by atomic mass is 10.1. The molecule has 0 N–H and O–H groups in total. The van der Waals surface area contributed by atoms with Crippen molar-refractivity contribution in [1.82, 2.24) is 0 Å². The molecule has 2 rings (SSSR count). The minimum absolute atomic E-state index is 0.418. The Morgan fingerprint density at radius 3 is 2.35 bits per heavy atom. The van der Waals surface area contributed by atoms with Crippen LogP contribution in [-0.2, 0) is 0 Å². The molecule has 0 spiro atoms. The van der Waals surface area contributed by atoms with Crippen molar-refractivity contribution in [1.29, 1.82) is 0 Å². The van der Waals surface area contributed by atoms with Crippen LogP contribution in [0.25, 0.3) is 0 Å². The molecule has 23 heavy (non-hydrogen) atoms. The Labute approximate surface area is 142 Å². The maximum absolute atomic E-state index is 12.1. The number of rotatable bonds is 6. The summed E-state index contributed by atoms with van der Waals surface area (Å²) in [5.74, 6) is 1.37. The predicted octanol–water partition coefficient (Wildman–Crippen LogP) is 5.29. The highest BCUT2D eigenvalue weighted by Gasteiger charge is 2.10. The molecule has 2 aromatic carbocycles. The predicted molar refractivity (Wildman–Crippen MR) is 92.5 cm³/mol. The van der Waals surface area contributed by atoms with Crippen molar-refractivity contribution < 1.29 is 14.3 Å². The van der Waals surface area contributed by atoms with Crippen LogP contribution in [0.15, 0.2) is 42.5 Å². The fourth-order valence-electron chi connectivity index (χ4n) is 1.90. The lowest BCUT2D eigenvalue weighted by Crippen LogP contribution is -2.08. The number of benzene rings is 2. The number of carbonyl (C=O) groups is 1. The van der Waals surface area contributed by atoms with E-state index in [9.17, 15) is 4.79 Å². The van der Waals surface area contributed by atoms with E-state index in [1.54, 1.807) is 36.4 Å². The fourth-order valence-corrected chi connectivity index (χ4v) is 2.07. The smallest absolute Gasteiger partial charge is 0.343 e. The standard InChI is InChI=1S/C19H21ClO3/c1-13(2)10-11-22-16-8-5-15(6-9-16)19(21)23-17-7-4-14(3)18(20)12-17/h4-9,12-13H,10-11H2,1-3H3. The van der Waals surface area contributed by atoms with E-state index in [-0.39, 0.29) is 0 Å². The first-order chi connectivity index (χ1) is 11.0. The molecular formula is C19H21ClO3. The van der Waals surface area contributed by atoms with E-state index in [0.717, 1.165) is 17.7 Å². The van der Waals surface area contributed by atoms with Gasteiger partial charge in [0.1, 0.15) is 11.5 Å². The van der Waals surface area contributed by atoms with Crippen LogP contribution in [0.3, 0.4) is 0 Å². The summed E-state index contributed by atoms with van der Waals surface area (Å²) in [6, 6.07) is 12.1. The molecule has 0 bridgehead atoms. The molecule has 0 saturated heterocycles. The molecule has 0 radical (unpaired) electrons. The molecule has 122 valence electrons. The molecule has 0 fully saturated rings. The third-order valence-corrected chi connectivity index (χ3v) is 3.81. The topological polar surface area (TPSA) is 35.5 Å². The van der Waals surface area contributed by atoms with Gasteiger partial charge in [-0.3, -0.25) is 0 Å². The summed E-state index contributed by atoms with van der Waals surface area (Å²) in [6.07, 6.45) is 0.998. The highest BCUT2D eigenvalue weighted by atomic mass is 35.5. The molecule has 0 aliphatic heterocycles. The first-order valence-electron chi connectivity index (χ1n) is 7.67. The average molecular weight is 333 g/mol. The summed E-state index contributed by atoms with van der Waals surface area (Å²) >= 11 is 6.03. The zero-order valence-electron chi connectivity index (χ0n) is 13.6. The Bertz CT molecular complexity index is 663. The Morgan fingerprint density at radius 2 is 1.74 bits per heavy atom. The van der Waals surface area contributed by atoms with Gasteiger partial charge in [-0.1, -0.05) is 31.5 Å². The molecule has 0 atom stereocenters. The van der Waals surface area contributed by atoms with Crippen LogP contribution in [-0.4, -0.2) is 12.6 Å². The van der Waals surface area contributed by atoms with Crippen molar-refractivity contribution in [2.24, 2.45) is 5.92 Å². The van der Waals surface area contributed by atoms with Crippen LogP contribution in [0.5, 0.6) is 11.5 Å². The molecule has 0 saturated carbocycles. The maximum Gasteiger partial charge on any atom is 0.343 e. The van der Waals surface area contributed by atoms with Crippen LogP contribution < -0.4 is 9.47 Å². The second-order valence-corrected chi connectivity index (χ2v) is 6.26. The SMILES string of the molecule is Cc1ccc(OC(=O)c2ccc(OCCC(C)C)cc2)cc1Cl. The number of ether oxygens (including phenoxy) is 2. The van der Waals surface area contributed by atoms with Crippen molar-refractivity contribution in [3.8, 4) is 11.5 Å². The Kier molecular flexibility index (Phi) is 6.05. The number of esters is 1. The third-order valence-electron chi connectivity index (χ3n) is 3.41. The van der Waals surface area contributed by atoms with Gasteiger partial charge >= 0.3 is 5.97 Å². The Hall–Kier alpha value is -2.00. The molecule has 0 unspecified atom stereocenters. The summed E-state index contributed by atoms with van der Waals surface area (Å²) in [4.78, 5) is 12.1. The van der Waals surface area contributed by atoms with Gasteiger partial charge in [-0.15, -0.1) is 0 Å². The van der Waals surface area contributed by atoms with Gasteiger partial charge in [0.25, 0.3) is 0 Å². The second-order valence-electron chi connectivity index (χ2n) is 5.86. The zero-order chi connectivity index (χ0) is 16.8. The van der Waals surface area contributed by atoms with Crippen molar-refractivity contribution >= 4 is 17.6 Å². The average Bonchev–Trinajstić information content (AvgIpc) is 2.51. The van der Waals surface area contributed by atoms with Gasteiger partial charge in [0.2, 0.25) is 0 Å². The molecule has 4 heteroatoms. The number of hydrogen-bond acceptors (Lipinski definition) is 3. The maximum atomic E-state index is 12.1. The molecular weight excluding hydrogens is 312 g/mol. The lowest BCUT2D eigenvalue weighted by molar-refractivity contribution is 0.0734. The summed E-state index contributed by atoms with van der Waals surface area (Å²) in [6.45, 7) is 6.87. The normalized spacial score (nSPS) is 10.7. The molecule has 2 aromatic rings. The summed E-state index contributed by atoms with van der Waals surface area (Å²) in [7, 11) is 0. The molecule has 0 aliphatic rings. The van der Waals surface area contributed by atoms with Crippen LogP contribution >= 0.6 is 11.6 Å². The second kappa shape index (κ2) is 8.02. The van der Waals surface area contributed by atoms with Gasteiger partial charge in [0, 0.05) is 5.02 Å². The van der Waals surface area contributed by atoms with E-state index in [0.29, 0.717) is 28.9 Å². The Morgan fingerprint density at radius 1 is 1.09 bits per heavy atom. The molecule has 0 aromatic heterocycles. The monoisotopic (exact) mass is 332 g/mol. The minimum atomic E-state index is -0.418. The van der Waals surface area contributed by atoms with Crippen LogP contribution in [0.4, 0.5) is 0 Å². The van der Waals surface area contributed by atoms with Crippen LogP contribution in [0, 0.1) is 12.8 Å². The number of hydrogen-bond donors (Lipinski definition) is 0. The van der Waals surface area contributed by atoms with Crippen molar-refractivity contribution in [2.45, 2.75) is 27.2 Å². The minimum Gasteiger partial charge on any atom is -0.494 e. The molecule has 0 amide bonds. The summed E-state index contributed by atoms with van der Waals surface area (Å²) in [5.41, 5.74) is 1.41. The highest BCUT2D eigenvalue weighted by molar-refractivity contribution is 6.31. The molecule has 3 nitrogen and oxygen atoms in total. The van der Waals surface area contributed by atoms with Gasteiger partial charge in [-0.2, -0.15) is 0 Å². The largest absolute Gasteiger partial charge is 0.494 e. The fraction of sp³-hybridized carbons (Fsp3) is 0.316. The zero-order valence-corrected chi connectivity index (χ0v) is 14.4. The van der Waals surface area contributed by atoms with Crippen molar-refractivity contribution in [3.63, 3.8) is 0 Å². The van der Waals surface area contributed by atoms with Crippen LogP contribution in [0.1, 0.15) is 36.2 Å². The first-order valence-corrected chi connectivity index (χ1v) is 8.04. The number of aryl methyl sites for hydroxylation is 1. The van der Waals surface area contributed by atoms with Crippen LogP contribution in [0.2, 0.25) is 5.02 Å². The van der Waals surface area contributed by atoms with Gasteiger partial charge in [0.05, 0.1) is 12.2 Å². The van der Waals surface area contributed by atoms with Gasteiger partial charge < -0.3 is 9.47 Å². The number of halogens is 1. The quantitative estimate of drug-likeness (QED) is 0.532. The summed E-state index contributed by atoms with van der Waals surface area (Å²) < 4.78 is 11.0. The van der Waals surface area contributed by atoms with E-state index in [1.165, 1.54) is 0 Å². The van der Waals surface area contributed by atoms with Crippen molar-refractivity contribution in [3.05, 3.63) is 58.6 Å². The summed E-state index contributed by atoms with van der Waals surface area (Å²) in [5, 5.41) is 0.573. The highest BCUT2D eigenvalue weighted by Crippen LogP contribution is 2.23. The van der Waals surface area contributed by atoms with Gasteiger partial charge in [-0.25, -0.2) is 4.79 Å². The van der Waals surface area contributed by atoms with E-state index >= 15 is 0 Å². The first kappa shape index (κ1) is 17.4. The molecule has 0 heterocycles. The van der Waals surface area contributed by atoms with E-state index < -0.39 is 5.97 Å². The van der Waals surface area contributed by atoms with E-state index in [1.807, 2.05) is 13.0 Å². The third kappa shape index (κ3) is 5.29.